The topological polar surface area (TPSA) is 69.6 Å². The van der Waals surface area contributed by atoms with Gasteiger partial charge in [-0.05, 0) is 0 Å². The van der Waals surface area contributed by atoms with Crippen LogP contribution in [0.2, 0.25) is 0 Å². The Labute approximate surface area is 133 Å². The second-order valence-corrected chi connectivity index (χ2v) is 6.33. The van der Waals surface area contributed by atoms with Gasteiger partial charge in [-0.25, -0.2) is 4.98 Å². The molecule has 7 nitrogen and oxygen atoms in total. The molecular formula is C14H19N5O2S. The number of amides is 2. The van der Waals surface area contributed by atoms with Crippen LogP contribution in [0.5, 0.6) is 0 Å². The third-order valence-electron chi connectivity index (χ3n) is 3.95. The highest BCUT2D eigenvalue weighted by Crippen LogP contribution is 2.18. The van der Waals surface area contributed by atoms with Crippen LogP contribution in [0.4, 0.5) is 10.6 Å². The highest BCUT2D eigenvalue weighted by Gasteiger charge is 2.25. The number of hydrogen-bond donors (Lipinski definition) is 0. The van der Waals surface area contributed by atoms with Crippen molar-refractivity contribution >= 4 is 28.7 Å². The van der Waals surface area contributed by atoms with Crippen molar-refractivity contribution in [2.24, 2.45) is 0 Å². The summed E-state index contributed by atoms with van der Waals surface area (Å²) in [4.78, 5) is 37.9. The van der Waals surface area contributed by atoms with Crippen LogP contribution in [0.15, 0.2) is 18.6 Å². The summed E-state index contributed by atoms with van der Waals surface area (Å²) in [5.74, 6) is 1.82. The standard InChI is InChI=1S/C14H19N5O2S/c20-13(1-4-19-9-10-22-14(19)21)18-7-5-17(6-8-18)12-11-15-2-3-16-12/h2-3,11H,1,4-10H2. The highest BCUT2D eigenvalue weighted by molar-refractivity contribution is 8.13. The molecule has 118 valence electrons. The Bertz CT molecular complexity index is 533. The van der Waals surface area contributed by atoms with Crippen molar-refractivity contribution in [2.75, 3.05) is 49.9 Å². The lowest BCUT2D eigenvalue weighted by molar-refractivity contribution is -0.131. The minimum absolute atomic E-state index is 0.0975. The number of rotatable bonds is 4. The van der Waals surface area contributed by atoms with Gasteiger partial charge in [-0.2, -0.15) is 0 Å². The van der Waals surface area contributed by atoms with Crippen LogP contribution in [0.3, 0.4) is 0 Å². The molecule has 0 N–H and O–H groups in total. The van der Waals surface area contributed by atoms with Crippen LogP contribution < -0.4 is 4.90 Å². The molecule has 2 aliphatic heterocycles. The van der Waals surface area contributed by atoms with Crippen LogP contribution >= 0.6 is 11.8 Å². The molecule has 2 saturated heterocycles. The summed E-state index contributed by atoms with van der Waals surface area (Å²) in [6, 6.07) is 0. The summed E-state index contributed by atoms with van der Waals surface area (Å²) >= 11 is 1.33. The van der Waals surface area contributed by atoms with Gasteiger partial charge >= 0.3 is 0 Å². The fourth-order valence-electron chi connectivity index (χ4n) is 2.66. The van der Waals surface area contributed by atoms with E-state index in [9.17, 15) is 9.59 Å². The number of piperazine rings is 1. The number of anilines is 1. The minimum Gasteiger partial charge on any atom is -0.352 e. The van der Waals surface area contributed by atoms with Gasteiger partial charge in [0.15, 0.2) is 0 Å². The molecule has 2 amide bonds. The quantitative estimate of drug-likeness (QED) is 0.812. The Balaban J connectivity index is 1.45. The summed E-state index contributed by atoms with van der Waals surface area (Å²) in [5, 5.41) is 0.0975. The molecule has 2 aliphatic rings. The maximum Gasteiger partial charge on any atom is 0.281 e. The first kappa shape index (κ1) is 15.1. The van der Waals surface area contributed by atoms with E-state index in [4.69, 9.17) is 0 Å². The third kappa shape index (κ3) is 3.49. The predicted octanol–water partition coefficient (Wildman–Crippen LogP) is 0.684. The number of carbonyl (C=O) groups is 2. The van der Waals surface area contributed by atoms with Crippen LogP contribution in [0.25, 0.3) is 0 Å². The van der Waals surface area contributed by atoms with E-state index in [1.54, 1.807) is 23.5 Å². The lowest BCUT2D eigenvalue weighted by Gasteiger charge is -2.35. The average molecular weight is 321 g/mol. The normalized spacial score (nSPS) is 18.9. The Morgan fingerprint density at radius 2 is 2.00 bits per heavy atom. The van der Waals surface area contributed by atoms with Gasteiger partial charge in [-0.1, -0.05) is 11.8 Å². The van der Waals surface area contributed by atoms with E-state index in [-0.39, 0.29) is 11.1 Å². The van der Waals surface area contributed by atoms with Crippen LogP contribution in [-0.4, -0.2) is 75.9 Å². The molecule has 0 aliphatic carbocycles. The Morgan fingerprint density at radius 3 is 2.64 bits per heavy atom. The van der Waals surface area contributed by atoms with Crippen LogP contribution in [0, 0.1) is 0 Å². The van der Waals surface area contributed by atoms with Crippen molar-refractivity contribution in [1.29, 1.82) is 0 Å². The van der Waals surface area contributed by atoms with Crippen molar-refractivity contribution < 1.29 is 9.59 Å². The summed E-state index contributed by atoms with van der Waals surface area (Å²) in [7, 11) is 0. The molecule has 0 aromatic carbocycles. The lowest BCUT2D eigenvalue weighted by atomic mass is 10.2. The monoisotopic (exact) mass is 321 g/mol. The van der Waals surface area contributed by atoms with E-state index in [1.807, 2.05) is 4.90 Å². The van der Waals surface area contributed by atoms with Crippen molar-refractivity contribution in [1.82, 2.24) is 19.8 Å². The zero-order valence-corrected chi connectivity index (χ0v) is 13.2. The van der Waals surface area contributed by atoms with E-state index in [1.165, 1.54) is 11.8 Å². The summed E-state index contributed by atoms with van der Waals surface area (Å²) in [6.07, 6.45) is 5.49. The number of hydrogen-bond acceptors (Lipinski definition) is 6. The zero-order chi connectivity index (χ0) is 15.4. The van der Waals surface area contributed by atoms with E-state index in [0.717, 1.165) is 31.2 Å². The van der Waals surface area contributed by atoms with E-state index in [2.05, 4.69) is 14.9 Å². The first-order valence-corrected chi connectivity index (χ1v) is 8.43. The van der Waals surface area contributed by atoms with Crippen molar-refractivity contribution in [3.63, 3.8) is 0 Å². The Hall–Kier alpha value is -1.83. The number of thioether (sulfide) groups is 1. The maximum atomic E-state index is 12.2. The molecule has 2 fully saturated rings. The molecular weight excluding hydrogens is 302 g/mol. The number of aromatic nitrogens is 2. The van der Waals surface area contributed by atoms with Crippen LogP contribution in [-0.2, 0) is 4.79 Å². The van der Waals surface area contributed by atoms with Crippen molar-refractivity contribution in [3.05, 3.63) is 18.6 Å². The zero-order valence-electron chi connectivity index (χ0n) is 12.3. The van der Waals surface area contributed by atoms with Gasteiger partial charge in [0, 0.05) is 63.8 Å². The predicted molar refractivity (Wildman–Crippen MR) is 84.9 cm³/mol. The van der Waals surface area contributed by atoms with E-state index >= 15 is 0 Å². The van der Waals surface area contributed by atoms with Crippen molar-refractivity contribution in [3.8, 4) is 0 Å². The van der Waals surface area contributed by atoms with Gasteiger partial charge in [0.1, 0.15) is 5.82 Å². The summed E-state index contributed by atoms with van der Waals surface area (Å²) < 4.78 is 0. The molecule has 8 heteroatoms. The van der Waals surface area contributed by atoms with Gasteiger partial charge < -0.3 is 14.7 Å². The smallest absolute Gasteiger partial charge is 0.281 e. The molecule has 3 heterocycles. The van der Waals surface area contributed by atoms with Crippen molar-refractivity contribution in [2.45, 2.75) is 6.42 Å². The minimum atomic E-state index is 0.0975. The second kappa shape index (κ2) is 6.95. The molecule has 3 rings (SSSR count). The summed E-state index contributed by atoms with van der Waals surface area (Å²) in [5.41, 5.74) is 0. The third-order valence-corrected chi connectivity index (χ3v) is 4.84. The molecule has 0 atom stereocenters. The van der Waals surface area contributed by atoms with Crippen LogP contribution in [0.1, 0.15) is 6.42 Å². The maximum absolute atomic E-state index is 12.2. The first-order chi connectivity index (χ1) is 10.7. The molecule has 0 unspecified atom stereocenters. The molecule has 0 spiro atoms. The molecule has 22 heavy (non-hydrogen) atoms. The number of carbonyl (C=O) groups excluding carboxylic acids is 2. The van der Waals surface area contributed by atoms with Gasteiger partial charge in [0.2, 0.25) is 5.91 Å². The molecule has 0 bridgehead atoms. The Kier molecular flexibility index (Phi) is 4.77. The highest BCUT2D eigenvalue weighted by atomic mass is 32.2. The van der Waals surface area contributed by atoms with E-state index < -0.39 is 0 Å². The number of nitrogens with zero attached hydrogens (tertiary/aromatic N) is 5. The Morgan fingerprint density at radius 1 is 1.18 bits per heavy atom. The fraction of sp³-hybridized carbons (Fsp3) is 0.571. The lowest BCUT2D eigenvalue weighted by Crippen LogP contribution is -2.49. The van der Waals surface area contributed by atoms with Gasteiger partial charge in [-0.3, -0.25) is 14.6 Å². The van der Waals surface area contributed by atoms with Gasteiger partial charge in [0.05, 0.1) is 6.20 Å². The molecule has 1 aromatic rings. The summed E-state index contributed by atoms with van der Waals surface area (Å²) in [6.45, 7) is 4.22. The molecule has 0 radical (unpaired) electrons. The molecule has 1 aromatic heterocycles. The van der Waals surface area contributed by atoms with Gasteiger partial charge in [0.25, 0.3) is 5.24 Å². The molecule has 0 saturated carbocycles. The fourth-order valence-corrected chi connectivity index (χ4v) is 3.51. The average Bonchev–Trinajstić information content (AvgIpc) is 2.99. The van der Waals surface area contributed by atoms with Gasteiger partial charge in [-0.15, -0.1) is 0 Å². The van der Waals surface area contributed by atoms with E-state index in [0.29, 0.717) is 26.1 Å². The SMILES string of the molecule is O=C(CCN1CCSC1=O)N1CCN(c2cnccn2)CC1. The second-order valence-electron chi connectivity index (χ2n) is 5.28. The first-order valence-electron chi connectivity index (χ1n) is 7.44. The largest absolute Gasteiger partial charge is 0.352 e.